The fourth-order valence-electron chi connectivity index (χ4n) is 2.15. The summed E-state index contributed by atoms with van der Waals surface area (Å²) in [5.41, 5.74) is 3.22. The number of rotatable bonds is 7. The number of amides is 1. The van der Waals surface area contributed by atoms with Gasteiger partial charge in [-0.05, 0) is 12.1 Å². The molecule has 2 aromatic rings. The van der Waals surface area contributed by atoms with Crippen LogP contribution in [0.5, 0.6) is 11.5 Å². The van der Waals surface area contributed by atoms with Gasteiger partial charge < -0.3 is 9.47 Å². The number of ether oxygens (including phenoxy) is 2. The lowest BCUT2D eigenvalue weighted by Gasteiger charge is -2.07. The molecule has 2 aromatic carbocycles. The number of nitrogens with zero attached hydrogens (tertiary/aromatic N) is 2. The number of hydrazone groups is 1. The number of nitro groups is 1. The highest BCUT2D eigenvalue weighted by Gasteiger charge is 2.15. The van der Waals surface area contributed by atoms with Gasteiger partial charge >= 0.3 is 0 Å². The minimum atomic E-state index is -0.520. The average molecular weight is 343 g/mol. The van der Waals surface area contributed by atoms with Gasteiger partial charge in [-0.15, -0.1) is 0 Å². The van der Waals surface area contributed by atoms with Crippen LogP contribution in [-0.2, 0) is 11.2 Å². The maximum atomic E-state index is 11.9. The Balaban J connectivity index is 2.03. The molecule has 0 aliphatic carbocycles. The van der Waals surface area contributed by atoms with Gasteiger partial charge in [-0.25, -0.2) is 5.43 Å². The molecule has 0 bridgehead atoms. The standard InChI is InChI=1S/C17H17N3O5/c1-24-14-8-7-13(16(10-14)25-2)11-18-19-17(21)9-12-5-3-4-6-15(12)20(22)23/h3-8,10-11H,9H2,1-2H3,(H,19,21). The van der Waals surface area contributed by atoms with Crippen molar-refractivity contribution in [3.63, 3.8) is 0 Å². The van der Waals surface area contributed by atoms with Gasteiger partial charge in [0, 0.05) is 23.3 Å². The van der Waals surface area contributed by atoms with Crippen LogP contribution in [0.1, 0.15) is 11.1 Å². The molecule has 8 nitrogen and oxygen atoms in total. The lowest BCUT2D eigenvalue weighted by atomic mass is 10.1. The van der Waals surface area contributed by atoms with Gasteiger partial charge in [0.25, 0.3) is 5.69 Å². The van der Waals surface area contributed by atoms with E-state index in [9.17, 15) is 14.9 Å². The van der Waals surface area contributed by atoms with Crippen molar-refractivity contribution < 1.29 is 19.2 Å². The fraction of sp³-hybridized carbons (Fsp3) is 0.176. The van der Waals surface area contributed by atoms with Gasteiger partial charge in [-0.3, -0.25) is 14.9 Å². The molecule has 0 heterocycles. The molecule has 0 saturated carbocycles. The van der Waals surface area contributed by atoms with Crippen LogP contribution in [0.3, 0.4) is 0 Å². The van der Waals surface area contributed by atoms with Crippen molar-refractivity contribution in [3.8, 4) is 11.5 Å². The molecular formula is C17H17N3O5. The molecule has 8 heteroatoms. The van der Waals surface area contributed by atoms with E-state index >= 15 is 0 Å². The van der Waals surface area contributed by atoms with E-state index in [0.717, 1.165) is 0 Å². The first-order valence-electron chi connectivity index (χ1n) is 7.31. The van der Waals surface area contributed by atoms with Crippen molar-refractivity contribution in [2.45, 2.75) is 6.42 Å². The van der Waals surface area contributed by atoms with Crippen molar-refractivity contribution in [2.75, 3.05) is 14.2 Å². The van der Waals surface area contributed by atoms with E-state index in [1.165, 1.54) is 25.5 Å². The van der Waals surface area contributed by atoms with Gasteiger partial charge in [0.05, 0.1) is 31.8 Å². The molecule has 25 heavy (non-hydrogen) atoms. The average Bonchev–Trinajstić information content (AvgIpc) is 2.62. The smallest absolute Gasteiger partial charge is 0.273 e. The minimum Gasteiger partial charge on any atom is -0.497 e. The molecule has 0 atom stereocenters. The molecule has 0 aromatic heterocycles. The zero-order valence-corrected chi connectivity index (χ0v) is 13.8. The normalized spacial score (nSPS) is 10.5. The molecule has 2 rings (SSSR count). The van der Waals surface area contributed by atoms with E-state index in [1.54, 1.807) is 37.4 Å². The molecule has 130 valence electrons. The summed E-state index contributed by atoms with van der Waals surface area (Å²) >= 11 is 0. The number of nitrogens with one attached hydrogen (secondary N) is 1. The molecule has 0 saturated heterocycles. The van der Waals surface area contributed by atoms with Gasteiger partial charge in [0.2, 0.25) is 5.91 Å². The quantitative estimate of drug-likeness (QED) is 0.472. The Labute approximate surface area is 144 Å². The van der Waals surface area contributed by atoms with E-state index in [0.29, 0.717) is 22.6 Å². The van der Waals surface area contributed by atoms with Crippen molar-refractivity contribution in [1.82, 2.24) is 5.43 Å². The first-order valence-corrected chi connectivity index (χ1v) is 7.31. The summed E-state index contributed by atoms with van der Waals surface area (Å²) < 4.78 is 10.3. The van der Waals surface area contributed by atoms with Gasteiger partial charge in [0.1, 0.15) is 11.5 Å². The highest BCUT2D eigenvalue weighted by molar-refractivity contribution is 5.86. The van der Waals surface area contributed by atoms with Crippen molar-refractivity contribution in [1.29, 1.82) is 0 Å². The molecule has 0 aliphatic rings. The van der Waals surface area contributed by atoms with Crippen LogP contribution in [0.4, 0.5) is 5.69 Å². The summed E-state index contributed by atoms with van der Waals surface area (Å²) in [5.74, 6) is 0.712. The Kier molecular flexibility index (Phi) is 6.05. The zero-order chi connectivity index (χ0) is 18.2. The maximum absolute atomic E-state index is 11.9. The van der Waals surface area contributed by atoms with Crippen molar-refractivity contribution in [2.24, 2.45) is 5.10 Å². The van der Waals surface area contributed by atoms with Crippen molar-refractivity contribution >= 4 is 17.8 Å². The number of nitro benzene ring substituents is 1. The Morgan fingerprint density at radius 3 is 2.68 bits per heavy atom. The summed E-state index contributed by atoms with van der Waals surface area (Å²) in [4.78, 5) is 22.4. The van der Waals surface area contributed by atoms with Crippen LogP contribution in [0.2, 0.25) is 0 Å². The topological polar surface area (TPSA) is 103 Å². The Morgan fingerprint density at radius 2 is 2.00 bits per heavy atom. The first-order chi connectivity index (χ1) is 12.0. The number of hydrogen-bond donors (Lipinski definition) is 1. The summed E-state index contributed by atoms with van der Waals surface area (Å²) in [6, 6.07) is 11.2. The largest absolute Gasteiger partial charge is 0.497 e. The van der Waals surface area contributed by atoms with Crippen LogP contribution in [0, 0.1) is 10.1 Å². The van der Waals surface area contributed by atoms with Crippen LogP contribution in [-0.4, -0.2) is 31.3 Å². The van der Waals surface area contributed by atoms with E-state index in [-0.39, 0.29) is 12.1 Å². The molecular weight excluding hydrogens is 326 g/mol. The van der Waals surface area contributed by atoms with E-state index in [2.05, 4.69) is 10.5 Å². The number of methoxy groups -OCH3 is 2. The van der Waals surface area contributed by atoms with E-state index in [1.807, 2.05) is 0 Å². The molecule has 1 amide bonds. The second-order valence-electron chi connectivity index (χ2n) is 4.96. The molecule has 0 radical (unpaired) electrons. The summed E-state index contributed by atoms with van der Waals surface area (Å²) in [6.07, 6.45) is 1.28. The summed E-state index contributed by atoms with van der Waals surface area (Å²) in [6.45, 7) is 0. The van der Waals surface area contributed by atoms with Gasteiger partial charge in [-0.1, -0.05) is 18.2 Å². The molecule has 0 aliphatic heterocycles. The van der Waals surface area contributed by atoms with Crippen LogP contribution < -0.4 is 14.9 Å². The highest BCUT2D eigenvalue weighted by Crippen LogP contribution is 2.23. The third-order valence-corrected chi connectivity index (χ3v) is 3.37. The molecule has 0 unspecified atom stereocenters. The van der Waals surface area contributed by atoms with Crippen LogP contribution >= 0.6 is 0 Å². The second-order valence-corrected chi connectivity index (χ2v) is 4.96. The summed E-state index contributed by atoms with van der Waals surface area (Å²) in [5, 5.41) is 14.8. The van der Waals surface area contributed by atoms with E-state index < -0.39 is 10.8 Å². The molecule has 0 fully saturated rings. The van der Waals surface area contributed by atoms with Crippen LogP contribution in [0.15, 0.2) is 47.6 Å². The highest BCUT2D eigenvalue weighted by atomic mass is 16.6. The maximum Gasteiger partial charge on any atom is 0.273 e. The Morgan fingerprint density at radius 1 is 1.24 bits per heavy atom. The number of carbonyl (C=O) groups excluding carboxylic acids is 1. The zero-order valence-electron chi connectivity index (χ0n) is 13.8. The monoisotopic (exact) mass is 343 g/mol. The minimum absolute atomic E-state index is 0.0987. The first kappa shape index (κ1) is 17.9. The van der Waals surface area contributed by atoms with Gasteiger partial charge in [0.15, 0.2) is 0 Å². The SMILES string of the molecule is COc1ccc(C=NNC(=O)Cc2ccccc2[N+](=O)[O-])c(OC)c1. The lowest BCUT2D eigenvalue weighted by molar-refractivity contribution is -0.385. The third-order valence-electron chi connectivity index (χ3n) is 3.37. The predicted octanol–water partition coefficient (Wildman–Crippen LogP) is 2.30. The predicted molar refractivity (Wildman–Crippen MR) is 92.1 cm³/mol. The molecule has 0 spiro atoms. The summed E-state index contributed by atoms with van der Waals surface area (Å²) in [7, 11) is 3.06. The number of benzene rings is 2. The van der Waals surface area contributed by atoms with Gasteiger partial charge in [-0.2, -0.15) is 5.10 Å². The number of para-hydroxylation sites is 1. The fourth-order valence-corrected chi connectivity index (χ4v) is 2.15. The molecule has 1 N–H and O–H groups in total. The Hall–Kier alpha value is -3.42. The number of carbonyl (C=O) groups is 1. The second kappa shape index (κ2) is 8.44. The number of hydrogen-bond acceptors (Lipinski definition) is 6. The third kappa shape index (κ3) is 4.77. The van der Waals surface area contributed by atoms with Crippen LogP contribution in [0.25, 0.3) is 0 Å². The van der Waals surface area contributed by atoms with Crippen molar-refractivity contribution in [3.05, 3.63) is 63.7 Å². The van der Waals surface area contributed by atoms with E-state index in [4.69, 9.17) is 9.47 Å². The lowest BCUT2D eigenvalue weighted by Crippen LogP contribution is -2.20. The Bertz CT molecular complexity index is 805.